The number of hydrogen-bond acceptors (Lipinski definition) is 5. The summed E-state index contributed by atoms with van der Waals surface area (Å²) < 4.78 is 22.5. The van der Waals surface area contributed by atoms with Gasteiger partial charge in [-0.2, -0.15) is 0 Å². The van der Waals surface area contributed by atoms with Gasteiger partial charge in [0.05, 0.1) is 10.6 Å². The van der Waals surface area contributed by atoms with Gasteiger partial charge in [-0.1, -0.05) is 50.2 Å². The van der Waals surface area contributed by atoms with Crippen LogP contribution in [0.15, 0.2) is 58.8 Å². The van der Waals surface area contributed by atoms with E-state index in [2.05, 4.69) is 36.3 Å². The second-order valence-corrected chi connectivity index (χ2v) is 9.47. The van der Waals surface area contributed by atoms with E-state index in [4.69, 9.17) is 5.14 Å². The molecule has 0 aliphatic carbocycles. The molecular formula is C21H23N3O3S2. The number of aryl methyl sites for hydroxylation is 1. The van der Waals surface area contributed by atoms with E-state index >= 15 is 0 Å². The average molecular weight is 430 g/mol. The number of rotatable bonds is 7. The Labute approximate surface area is 174 Å². The first-order valence-corrected chi connectivity index (χ1v) is 11.6. The molecule has 3 aromatic rings. The number of benzene rings is 2. The van der Waals surface area contributed by atoms with Crippen molar-refractivity contribution in [3.8, 4) is 11.3 Å². The normalized spacial score (nSPS) is 11.6. The van der Waals surface area contributed by atoms with Crippen molar-refractivity contribution in [2.24, 2.45) is 5.14 Å². The van der Waals surface area contributed by atoms with Gasteiger partial charge in [0.1, 0.15) is 0 Å². The van der Waals surface area contributed by atoms with Crippen LogP contribution < -0.4 is 10.5 Å². The van der Waals surface area contributed by atoms with Crippen LogP contribution in [0.4, 0.5) is 5.13 Å². The first kappa shape index (κ1) is 21.2. The second-order valence-electron chi connectivity index (χ2n) is 7.05. The van der Waals surface area contributed by atoms with Crippen LogP contribution in [0.5, 0.6) is 0 Å². The lowest BCUT2D eigenvalue weighted by Crippen LogP contribution is -2.13. The topological polar surface area (TPSA) is 102 Å². The van der Waals surface area contributed by atoms with Gasteiger partial charge in [-0.25, -0.2) is 18.5 Å². The van der Waals surface area contributed by atoms with E-state index < -0.39 is 10.0 Å². The molecule has 152 valence electrons. The number of sulfonamides is 1. The van der Waals surface area contributed by atoms with Crippen molar-refractivity contribution < 1.29 is 13.2 Å². The third-order valence-corrected chi connectivity index (χ3v) is 6.20. The largest absolute Gasteiger partial charge is 0.302 e. The fourth-order valence-corrected chi connectivity index (χ4v) is 4.04. The Balaban J connectivity index is 1.56. The number of nitrogens with two attached hydrogens (primary N) is 1. The molecule has 6 nitrogen and oxygen atoms in total. The predicted molar refractivity (Wildman–Crippen MR) is 116 cm³/mol. The lowest BCUT2D eigenvalue weighted by molar-refractivity contribution is -0.116. The molecule has 0 saturated heterocycles. The first-order valence-electron chi connectivity index (χ1n) is 9.20. The Morgan fingerprint density at radius 3 is 2.34 bits per heavy atom. The highest BCUT2D eigenvalue weighted by molar-refractivity contribution is 7.89. The van der Waals surface area contributed by atoms with E-state index in [1.807, 2.05) is 17.5 Å². The maximum absolute atomic E-state index is 12.2. The highest BCUT2D eigenvalue weighted by Gasteiger charge is 2.10. The van der Waals surface area contributed by atoms with Crippen LogP contribution in [0, 0.1) is 0 Å². The summed E-state index contributed by atoms with van der Waals surface area (Å²) in [5, 5.41) is 10.4. The Morgan fingerprint density at radius 1 is 1.10 bits per heavy atom. The smallest absolute Gasteiger partial charge is 0.238 e. The molecule has 0 aliphatic heterocycles. The number of carbonyl (C=O) groups excluding carboxylic acids is 1. The monoisotopic (exact) mass is 429 g/mol. The maximum atomic E-state index is 12.2. The van der Waals surface area contributed by atoms with E-state index in [0.717, 1.165) is 16.8 Å². The van der Waals surface area contributed by atoms with Crippen LogP contribution in [-0.4, -0.2) is 19.3 Å². The number of anilines is 1. The van der Waals surface area contributed by atoms with Crippen molar-refractivity contribution in [3.05, 3.63) is 65.0 Å². The molecule has 2 aromatic carbocycles. The van der Waals surface area contributed by atoms with E-state index in [1.165, 1.54) is 29.0 Å². The molecule has 1 aromatic heterocycles. The first-order chi connectivity index (χ1) is 13.7. The van der Waals surface area contributed by atoms with Gasteiger partial charge in [-0.05, 0) is 35.6 Å². The van der Waals surface area contributed by atoms with Gasteiger partial charge < -0.3 is 5.32 Å². The van der Waals surface area contributed by atoms with Crippen molar-refractivity contribution in [2.75, 3.05) is 5.32 Å². The molecule has 29 heavy (non-hydrogen) atoms. The lowest BCUT2D eigenvalue weighted by Gasteiger charge is -2.05. The summed E-state index contributed by atoms with van der Waals surface area (Å²) in [6, 6.07) is 14.5. The maximum Gasteiger partial charge on any atom is 0.238 e. The molecule has 0 saturated carbocycles. The molecule has 1 amide bonds. The highest BCUT2D eigenvalue weighted by atomic mass is 32.2. The molecule has 3 rings (SSSR count). The van der Waals surface area contributed by atoms with Crippen LogP contribution in [0.1, 0.15) is 37.3 Å². The summed E-state index contributed by atoms with van der Waals surface area (Å²) >= 11 is 1.39. The minimum atomic E-state index is -3.71. The zero-order chi connectivity index (χ0) is 21.0. The van der Waals surface area contributed by atoms with Crippen LogP contribution >= 0.6 is 11.3 Å². The Morgan fingerprint density at radius 2 is 1.76 bits per heavy atom. The average Bonchev–Trinajstić information content (AvgIpc) is 3.14. The van der Waals surface area contributed by atoms with E-state index in [9.17, 15) is 13.2 Å². The fourth-order valence-electron chi connectivity index (χ4n) is 2.79. The molecule has 0 radical (unpaired) electrons. The molecule has 0 spiro atoms. The predicted octanol–water partition coefficient (Wildman–Crippen LogP) is 4.15. The van der Waals surface area contributed by atoms with Crippen LogP contribution in [0.3, 0.4) is 0 Å². The van der Waals surface area contributed by atoms with Crippen molar-refractivity contribution >= 4 is 32.4 Å². The highest BCUT2D eigenvalue weighted by Crippen LogP contribution is 2.26. The molecule has 0 atom stereocenters. The summed E-state index contributed by atoms with van der Waals surface area (Å²) in [5.74, 6) is 0.335. The molecule has 8 heteroatoms. The SMILES string of the molecule is CC(C)c1ccc(-c2csc(NC(=O)CCc3ccc(S(N)(=O)=O)cc3)n2)cc1. The van der Waals surface area contributed by atoms with E-state index in [1.54, 1.807) is 12.1 Å². The second kappa shape index (κ2) is 8.86. The number of hydrogen-bond donors (Lipinski definition) is 2. The van der Waals surface area contributed by atoms with Crippen LogP contribution in [0.25, 0.3) is 11.3 Å². The minimum absolute atomic E-state index is 0.0578. The molecule has 0 unspecified atom stereocenters. The number of amides is 1. The molecular weight excluding hydrogens is 406 g/mol. The third-order valence-electron chi connectivity index (χ3n) is 4.52. The number of aromatic nitrogens is 1. The zero-order valence-electron chi connectivity index (χ0n) is 16.3. The van der Waals surface area contributed by atoms with Crippen molar-refractivity contribution in [1.29, 1.82) is 0 Å². The van der Waals surface area contributed by atoms with Gasteiger partial charge in [0, 0.05) is 17.4 Å². The summed E-state index contributed by atoms with van der Waals surface area (Å²) in [7, 11) is -3.71. The van der Waals surface area contributed by atoms with Crippen molar-refractivity contribution in [1.82, 2.24) is 4.98 Å². The minimum Gasteiger partial charge on any atom is -0.302 e. The molecule has 0 bridgehead atoms. The number of thiazole rings is 1. The lowest BCUT2D eigenvalue weighted by atomic mass is 10.0. The van der Waals surface area contributed by atoms with Gasteiger partial charge in [-0.3, -0.25) is 4.79 Å². The fraction of sp³-hybridized carbons (Fsp3) is 0.238. The summed E-state index contributed by atoms with van der Waals surface area (Å²) in [6.07, 6.45) is 0.762. The Kier molecular flexibility index (Phi) is 6.46. The molecule has 0 fully saturated rings. The summed E-state index contributed by atoms with van der Waals surface area (Å²) in [6.45, 7) is 4.31. The van der Waals surface area contributed by atoms with Crippen molar-refractivity contribution in [2.45, 2.75) is 37.5 Å². The number of nitrogens with zero attached hydrogens (tertiary/aromatic N) is 1. The van der Waals surface area contributed by atoms with Crippen LogP contribution in [-0.2, 0) is 21.2 Å². The third kappa shape index (κ3) is 5.72. The van der Waals surface area contributed by atoms with Gasteiger partial charge >= 0.3 is 0 Å². The Bertz CT molecular complexity index is 1090. The number of carbonyl (C=O) groups is 1. The van der Waals surface area contributed by atoms with Gasteiger partial charge in [-0.15, -0.1) is 11.3 Å². The number of nitrogens with one attached hydrogen (secondary N) is 1. The van der Waals surface area contributed by atoms with E-state index in [-0.39, 0.29) is 17.2 Å². The van der Waals surface area contributed by atoms with Gasteiger partial charge in [0.2, 0.25) is 15.9 Å². The van der Waals surface area contributed by atoms with Crippen LogP contribution in [0.2, 0.25) is 0 Å². The van der Waals surface area contributed by atoms with E-state index in [0.29, 0.717) is 17.5 Å². The summed E-state index contributed by atoms with van der Waals surface area (Å²) in [4.78, 5) is 16.8. The zero-order valence-corrected chi connectivity index (χ0v) is 17.9. The quantitative estimate of drug-likeness (QED) is 0.589. The standard InChI is InChI=1S/C21H23N3O3S2/c1-14(2)16-6-8-17(9-7-16)19-13-28-21(23-19)24-20(25)12-5-15-3-10-18(11-4-15)29(22,26)27/h3-4,6-11,13-14H,5,12H2,1-2H3,(H2,22,26,27)(H,23,24,25). The van der Waals surface area contributed by atoms with Gasteiger partial charge in [0.15, 0.2) is 5.13 Å². The Hall–Kier alpha value is -2.55. The molecule has 1 heterocycles. The number of primary sulfonamides is 1. The molecule has 3 N–H and O–H groups in total. The van der Waals surface area contributed by atoms with Crippen molar-refractivity contribution in [3.63, 3.8) is 0 Å². The van der Waals surface area contributed by atoms with Gasteiger partial charge in [0.25, 0.3) is 0 Å². The summed E-state index contributed by atoms with van der Waals surface area (Å²) in [5.41, 5.74) is 3.98. The molecule has 0 aliphatic rings.